The molecule has 6 heteroatoms. The highest BCUT2D eigenvalue weighted by molar-refractivity contribution is 5.99. The van der Waals surface area contributed by atoms with Gasteiger partial charge in [0.15, 0.2) is 0 Å². The molecule has 6 nitrogen and oxygen atoms in total. The van der Waals surface area contributed by atoms with Crippen LogP contribution in [0.1, 0.15) is 48.0 Å². The molecule has 0 bridgehead atoms. The Morgan fingerprint density at radius 1 is 1.33 bits per heavy atom. The molecule has 120 valence electrons. The predicted octanol–water partition coefficient (Wildman–Crippen LogP) is 2.06. The SMILES string of the molecule is CC(=O)C1C[C@H]([C@@H](NC(=O)OC(C)(C)C)C(C)C)OC1=O. The van der Waals surface area contributed by atoms with Gasteiger partial charge in [-0.3, -0.25) is 9.59 Å². The largest absolute Gasteiger partial charge is 0.460 e. The predicted molar refractivity (Wildman–Crippen MR) is 76.7 cm³/mol. The maximum absolute atomic E-state index is 11.9. The van der Waals surface area contributed by atoms with Crippen LogP contribution in [0.2, 0.25) is 0 Å². The Morgan fingerprint density at radius 3 is 2.29 bits per heavy atom. The van der Waals surface area contributed by atoms with Crippen LogP contribution >= 0.6 is 0 Å². The Morgan fingerprint density at radius 2 is 1.90 bits per heavy atom. The molecule has 0 aromatic carbocycles. The molecule has 0 spiro atoms. The Bertz CT molecular complexity index is 424. The quantitative estimate of drug-likeness (QED) is 0.634. The van der Waals surface area contributed by atoms with Crippen molar-refractivity contribution in [2.45, 2.75) is 65.7 Å². The number of alkyl carbamates (subject to hydrolysis) is 1. The molecule has 0 saturated carbocycles. The molecule has 1 fully saturated rings. The number of esters is 1. The van der Waals surface area contributed by atoms with Crippen molar-refractivity contribution in [2.75, 3.05) is 0 Å². The van der Waals surface area contributed by atoms with E-state index in [4.69, 9.17) is 9.47 Å². The van der Waals surface area contributed by atoms with Crippen molar-refractivity contribution in [3.05, 3.63) is 0 Å². The van der Waals surface area contributed by atoms with Crippen LogP contribution in [0.4, 0.5) is 4.79 Å². The summed E-state index contributed by atoms with van der Waals surface area (Å²) in [6.07, 6.45) is -0.755. The molecule has 3 atom stereocenters. The van der Waals surface area contributed by atoms with Crippen molar-refractivity contribution in [3.8, 4) is 0 Å². The zero-order chi connectivity index (χ0) is 16.4. The number of rotatable bonds is 4. The van der Waals surface area contributed by atoms with Crippen molar-refractivity contribution in [1.29, 1.82) is 0 Å². The number of ether oxygens (including phenoxy) is 2. The minimum atomic E-state index is -0.725. The lowest BCUT2D eigenvalue weighted by Crippen LogP contribution is -2.48. The summed E-state index contributed by atoms with van der Waals surface area (Å²) in [5, 5.41) is 2.75. The molecule has 1 rings (SSSR count). The van der Waals surface area contributed by atoms with E-state index in [1.807, 2.05) is 13.8 Å². The Labute approximate surface area is 125 Å². The number of nitrogens with one attached hydrogen (secondary N) is 1. The second-order valence-corrected chi connectivity index (χ2v) is 6.79. The lowest BCUT2D eigenvalue weighted by molar-refractivity contribution is -0.147. The molecule has 1 aliphatic heterocycles. The standard InChI is InChI=1S/C15H25NO5/c1-8(2)12(16-14(19)21-15(4,5)6)11-7-10(9(3)17)13(18)20-11/h8,10-12H,7H2,1-6H3,(H,16,19)/t10?,11-,12+/m1/s1. The van der Waals surface area contributed by atoms with Crippen LogP contribution in [0.5, 0.6) is 0 Å². The van der Waals surface area contributed by atoms with Crippen LogP contribution in [-0.4, -0.2) is 35.6 Å². The van der Waals surface area contributed by atoms with Crippen molar-refractivity contribution >= 4 is 17.8 Å². The molecule has 0 aromatic heterocycles. The summed E-state index contributed by atoms with van der Waals surface area (Å²) in [5.74, 6) is -1.40. The molecule has 1 N–H and O–H groups in total. The molecular formula is C15H25NO5. The normalized spacial score (nSPS) is 23.7. The van der Waals surface area contributed by atoms with E-state index in [2.05, 4.69) is 5.32 Å². The van der Waals surface area contributed by atoms with Gasteiger partial charge in [0.2, 0.25) is 0 Å². The first-order valence-electron chi connectivity index (χ1n) is 7.21. The number of carbonyl (C=O) groups is 3. The minimum absolute atomic E-state index is 0.0426. The second kappa shape index (κ2) is 6.45. The topological polar surface area (TPSA) is 81.7 Å². The van der Waals surface area contributed by atoms with Crippen molar-refractivity contribution in [1.82, 2.24) is 5.32 Å². The summed E-state index contributed by atoms with van der Waals surface area (Å²) in [5.41, 5.74) is -0.597. The summed E-state index contributed by atoms with van der Waals surface area (Å²) in [6.45, 7) is 10.5. The van der Waals surface area contributed by atoms with Crippen LogP contribution in [0, 0.1) is 11.8 Å². The molecule has 0 radical (unpaired) electrons. The monoisotopic (exact) mass is 299 g/mol. The zero-order valence-corrected chi connectivity index (χ0v) is 13.6. The fourth-order valence-electron chi connectivity index (χ4n) is 2.29. The highest BCUT2D eigenvalue weighted by Gasteiger charge is 2.42. The Hall–Kier alpha value is -1.59. The lowest BCUT2D eigenvalue weighted by atomic mass is 9.92. The molecule has 1 unspecified atom stereocenters. The maximum atomic E-state index is 11.9. The summed E-state index contributed by atoms with van der Waals surface area (Å²) in [4.78, 5) is 35.0. The van der Waals surface area contributed by atoms with Gasteiger partial charge in [0.1, 0.15) is 23.4 Å². The molecule has 0 aliphatic carbocycles. The molecule has 1 saturated heterocycles. The van der Waals surface area contributed by atoms with Crippen molar-refractivity contribution < 1.29 is 23.9 Å². The molecule has 1 amide bonds. The third-order valence-electron chi connectivity index (χ3n) is 3.31. The van der Waals surface area contributed by atoms with Crippen molar-refractivity contribution in [2.24, 2.45) is 11.8 Å². The van der Waals surface area contributed by atoms with E-state index in [0.717, 1.165) is 0 Å². The van der Waals surface area contributed by atoms with E-state index < -0.39 is 29.7 Å². The van der Waals surface area contributed by atoms with Gasteiger partial charge in [-0.25, -0.2) is 4.79 Å². The fourth-order valence-corrected chi connectivity index (χ4v) is 2.29. The van der Waals surface area contributed by atoms with Crippen LogP contribution in [0.25, 0.3) is 0 Å². The molecule has 1 aliphatic rings. The van der Waals surface area contributed by atoms with Gasteiger partial charge in [0.05, 0.1) is 6.04 Å². The molecule has 0 aromatic rings. The lowest BCUT2D eigenvalue weighted by Gasteiger charge is -2.28. The first-order chi connectivity index (χ1) is 9.51. The van der Waals surface area contributed by atoms with Crippen LogP contribution in [0.15, 0.2) is 0 Å². The smallest absolute Gasteiger partial charge is 0.408 e. The number of Topliss-reactive ketones (excluding diaryl/α,β-unsaturated/α-hetero) is 1. The van der Waals surface area contributed by atoms with Gasteiger partial charge in [0, 0.05) is 6.42 Å². The van der Waals surface area contributed by atoms with Crippen LogP contribution in [0.3, 0.4) is 0 Å². The number of hydrogen-bond acceptors (Lipinski definition) is 5. The van der Waals surface area contributed by atoms with Gasteiger partial charge < -0.3 is 14.8 Å². The highest BCUT2D eigenvalue weighted by Crippen LogP contribution is 2.27. The van der Waals surface area contributed by atoms with Gasteiger partial charge in [-0.05, 0) is 33.6 Å². The summed E-state index contributed by atoms with van der Waals surface area (Å²) >= 11 is 0. The van der Waals surface area contributed by atoms with Gasteiger partial charge >= 0.3 is 12.1 Å². The fraction of sp³-hybridized carbons (Fsp3) is 0.800. The second-order valence-electron chi connectivity index (χ2n) is 6.79. The number of cyclic esters (lactones) is 1. The Balaban J connectivity index is 2.73. The third kappa shape index (κ3) is 5.02. The van der Waals surface area contributed by atoms with Crippen LogP contribution in [-0.2, 0) is 19.1 Å². The van der Waals surface area contributed by atoms with Crippen LogP contribution < -0.4 is 5.32 Å². The summed E-state index contributed by atoms with van der Waals surface area (Å²) < 4.78 is 10.5. The van der Waals surface area contributed by atoms with E-state index in [1.54, 1.807) is 20.8 Å². The molecule has 1 heterocycles. The van der Waals surface area contributed by atoms with E-state index in [1.165, 1.54) is 6.92 Å². The zero-order valence-electron chi connectivity index (χ0n) is 13.6. The third-order valence-corrected chi connectivity index (χ3v) is 3.31. The van der Waals surface area contributed by atoms with E-state index in [-0.39, 0.29) is 17.7 Å². The number of amides is 1. The average Bonchev–Trinajstić information content (AvgIpc) is 2.65. The molecule has 21 heavy (non-hydrogen) atoms. The van der Waals surface area contributed by atoms with Gasteiger partial charge in [0.25, 0.3) is 0 Å². The van der Waals surface area contributed by atoms with E-state index in [0.29, 0.717) is 6.42 Å². The van der Waals surface area contributed by atoms with Crippen molar-refractivity contribution in [3.63, 3.8) is 0 Å². The maximum Gasteiger partial charge on any atom is 0.408 e. The van der Waals surface area contributed by atoms with E-state index >= 15 is 0 Å². The number of carbonyl (C=O) groups excluding carboxylic acids is 3. The number of ketones is 1. The summed E-state index contributed by atoms with van der Waals surface area (Å²) in [7, 11) is 0. The summed E-state index contributed by atoms with van der Waals surface area (Å²) in [6, 6.07) is -0.381. The minimum Gasteiger partial charge on any atom is -0.460 e. The number of hydrogen-bond donors (Lipinski definition) is 1. The highest BCUT2D eigenvalue weighted by atomic mass is 16.6. The van der Waals surface area contributed by atoms with E-state index in [9.17, 15) is 14.4 Å². The van der Waals surface area contributed by atoms with Gasteiger partial charge in [-0.2, -0.15) is 0 Å². The average molecular weight is 299 g/mol. The molecular weight excluding hydrogens is 274 g/mol. The Kier molecular flexibility index (Phi) is 5.36. The van der Waals surface area contributed by atoms with Gasteiger partial charge in [-0.1, -0.05) is 13.8 Å². The first-order valence-corrected chi connectivity index (χ1v) is 7.21. The van der Waals surface area contributed by atoms with Gasteiger partial charge in [-0.15, -0.1) is 0 Å². The first kappa shape index (κ1) is 17.5.